The number of hydrogen-bond acceptors (Lipinski definition) is 3. The van der Waals surface area contributed by atoms with Crippen molar-refractivity contribution < 1.29 is 4.79 Å². The first-order chi connectivity index (χ1) is 9.67. The standard InChI is InChI=1S/C16H16N2OS/c1-12(8-15-6-7-20-11-15)18-16(19)9-13-2-4-14(10-17)5-3-13/h2-7,11-12H,8-9H2,1H3,(H,18,19). The van der Waals surface area contributed by atoms with Gasteiger partial charge in [0.1, 0.15) is 0 Å². The van der Waals surface area contributed by atoms with Crippen LogP contribution in [0.15, 0.2) is 41.1 Å². The molecule has 0 aliphatic heterocycles. The van der Waals surface area contributed by atoms with Crippen molar-refractivity contribution in [2.75, 3.05) is 0 Å². The van der Waals surface area contributed by atoms with E-state index in [1.165, 1.54) is 5.56 Å². The van der Waals surface area contributed by atoms with Crippen molar-refractivity contribution in [1.82, 2.24) is 5.32 Å². The van der Waals surface area contributed by atoms with E-state index in [1.54, 1.807) is 23.5 Å². The Hall–Kier alpha value is -2.12. The summed E-state index contributed by atoms with van der Waals surface area (Å²) in [6, 6.07) is 11.4. The molecule has 1 amide bonds. The predicted octanol–water partition coefficient (Wildman–Crippen LogP) is 2.91. The van der Waals surface area contributed by atoms with Crippen LogP contribution >= 0.6 is 11.3 Å². The third-order valence-electron chi connectivity index (χ3n) is 2.98. The van der Waals surface area contributed by atoms with E-state index in [0.29, 0.717) is 12.0 Å². The van der Waals surface area contributed by atoms with Crippen molar-refractivity contribution >= 4 is 17.2 Å². The number of nitrogens with zero attached hydrogens (tertiary/aromatic N) is 1. The van der Waals surface area contributed by atoms with Gasteiger partial charge in [-0.05, 0) is 53.4 Å². The van der Waals surface area contributed by atoms with Crippen LogP contribution in [-0.2, 0) is 17.6 Å². The third kappa shape index (κ3) is 4.22. The quantitative estimate of drug-likeness (QED) is 0.918. The van der Waals surface area contributed by atoms with E-state index in [0.717, 1.165) is 12.0 Å². The highest BCUT2D eigenvalue weighted by Crippen LogP contribution is 2.09. The lowest BCUT2D eigenvalue weighted by Crippen LogP contribution is -2.35. The average molecular weight is 284 g/mol. The molecule has 1 aromatic heterocycles. The first-order valence-corrected chi connectivity index (χ1v) is 7.41. The molecule has 0 spiro atoms. The van der Waals surface area contributed by atoms with E-state index in [1.807, 2.05) is 24.4 Å². The van der Waals surface area contributed by atoms with Gasteiger partial charge in [0.15, 0.2) is 0 Å². The summed E-state index contributed by atoms with van der Waals surface area (Å²) in [5, 5.41) is 15.9. The Bertz CT molecular complexity index is 596. The van der Waals surface area contributed by atoms with E-state index in [4.69, 9.17) is 5.26 Å². The average Bonchev–Trinajstić information content (AvgIpc) is 2.92. The Labute approximate surface area is 122 Å². The highest BCUT2D eigenvalue weighted by molar-refractivity contribution is 7.07. The van der Waals surface area contributed by atoms with Gasteiger partial charge < -0.3 is 5.32 Å². The summed E-state index contributed by atoms with van der Waals surface area (Å²) in [5.41, 5.74) is 2.78. The predicted molar refractivity (Wildman–Crippen MR) is 80.5 cm³/mol. The molecule has 1 atom stereocenters. The minimum atomic E-state index is 0.0115. The lowest BCUT2D eigenvalue weighted by molar-refractivity contribution is -0.121. The second kappa shape index (κ2) is 6.88. The van der Waals surface area contributed by atoms with Crippen LogP contribution in [0.2, 0.25) is 0 Å². The van der Waals surface area contributed by atoms with E-state index >= 15 is 0 Å². The molecule has 1 heterocycles. The summed E-state index contributed by atoms with van der Waals surface area (Å²) < 4.78 is 0. The van der Waals surface area contributed by atoms with Crippen LogP contribution in [0.3, 0.4) is 0 Å². The van der Waals surface area contributed by atoms with Crippen molar-refractivity contribution in [1.29, 1.82) is 5.26 Å². The van der Waals surface area contributed by atoms with Gasteiger partial charge in [-0.15, -0.1) is 0 Å². The summed E-state index contributed by atoms with van der Waals surface area (Å²) in [6.45, 7) is 2.01. The fourth-order valence-corrected chi connectivity index (χ4v) is 2.70. The molecule has 0 saturated heterocycles. The molecule has 3 nitrogen and oxygen atoms in total. The zero-order valence-electron chi connectivity index (χ0n) is 11.3. The maximum absolute atomic E-state index is 11.9. The molecular weight excluding hydrogens is 268 g/mol. The Balaban J connectivity index is 1.83. The van der Waals surface area contributed by atoms with Crippen molar-refractivity contribution in [2.24, 2.45) is 0 Å². The van der Waals surface area contributed by atoms with Crippen LogP contribution < -0.4 is 5.32 Å². The molecule has 0 aliphatic carbocycles. The van der Waals surface area contributed by atoms with Gasteiger partial charge in [-0.1, -0.05) is 12.1 Å². The van der Waals surface area contributed by atoms with Crippen molar-refractivity contribution in [2.45, 2.75) is 25.8 Å². The van der Waals surface area contributed by atoms with E-state index in [9.17, 15) is 4.79 Å². The molecule has 0 saturated carbocycles. The Morgan fingerprint density at radius 2 is 2.05 bits per heavy atom. The maximum atomic E-state index is 11.9. The van der Waals surface area contributed by atoms with Crippen LogP contribution in [0, 0.1) is 11.3 Å². The van der Waals surface area contributed by atoms with Gasteiger partial charge in [-0.2, -0.15) is 16.6 Å². The van der Waals surface area contributed by atoms with Crippen LogP contribution in [0.25, 0.3) is 0 Å². The Morgan fingerprint density at radius 1 is 1.30 bits per heavy atom. The second-order valence-corrected chi connectivity index (χ2v) is 5.57. The second-order valence-electron chi connectivity index (χ2n) is 4.79. The highest BCUT2D eigenvalue weighted by atomic mass is 32.1. The normalized spacial score (nSPS) is 11.6. The van der Waals surface area contributed by atoms with Crippen LogP contribution in [0.4, 0.5) is 0 Å². The number of benzene rings is 1. The van der Waals surface area contributed by atoms with Gasteiger partial charge in [-0.25, -0.2) is 0 Å². The Morgan fingerprint density at radius 3 is 2.65 bits per heavy atom. The summed E-state index contributed by atoms with van der Waals surface area (Å²) in [7, 11) is 0. The first kappa shape index (κ1) is 14.3. The minimum Gasteiger partial charge on any atom is -0.353 e. The fourth-order valence-electron chi connectivity index (χ4n) is 2.02. The zero-order valence-corrected chi connectivity index (χ0v) is 12.1. The molecule has 0 bridgehead atoms. The smallest absolute Gasteiger partial charge is 0.224 e. The third-order valence-corrected chi connectivity index (χ3v) is 3.71. The van der Waals surface area contributed by atoms with Crippen LogP contribution in [0.1, 0.15) is 23.6 Å². The molecule has 2 aromatic rings. The molecule has 20 heavy (non-hydrogen) atoms. The van der Waals surface area contributed by atoms with E-state index < -0.39 is 0 Å². The molecular formula is C16H16N2OS. The molecule has 1 unspecified atom stereocenters. The minimum absolute atomic E-state index is 0.0115. The number of nitrogens with one attached hydrogen (secondary N) is 1. The Kier molecular flexibility index (Phi) is 4.91. The molecule has 0 fully saturated rings. The fraction of sp³-hybridized carbons (Fsp3) is 0.250. The number of hydrogen-bond donors (Lipinski definition) is 1. The van der Waals surface area contributed by atoms with E-state index in [-0.39, 0.29) is 11.9 Å². The maximum Gasteiger partial charge on any atom is 0.224 e. The van der Waals surface area contributed by atoms with Crippen molar-refractivity contribution in [3.63, 3.8) is 0 Å². The SMILES string of the molecule is CC(Cc1ccsc1)NC(=O)Cc1ccc(C#N)cc1. The molecule has 0 radical (unpaired) electrons. The highest BCUT2D eigenvalue weighted by Gasteiger charge is 2.09. The van der Waals surface area contributed by atoms with Gasteiger partial charge in [0.05, 0.1) is 18.1 Å². The lowest BCUT2D eigenvalue weighted by atomic mass is 10.1. The number of carbonyl (C=O) groups is 1. The molecule has 1 aromatic carbocycles. The number of carbonyl (C=O) groups excluding carboxylic acids is 1. The molecule has 0 aliphatic rings. The molecule has 1 N–H and O–H groups in total. The summed E-state index contributed by atoms with van der Waals surface area (Å²) in [6.07, 6.45) is 1.20. The van der Waals surface area contributed by atoms with Crippen molar-refractivity contribution in [3.05, 3.63) is 57.8 Å². The molecule has 4 heteroatoms. The van der Waals surface area contributed by atoms with Gasteiger partial charge >= 0.3 is 0 Å². The van der Waals surface area contributed by atoms with E-state index in [2.05, 4.69) is 22.8 Å². The number of thiophene rings is 1. The van der Waals surface area contributed by atoms with Gasteiger partial charge in [0.2, 0.25) is 5.91 Å². The monoisotopic (exact) mass is 284 g/mol. The van der Waals surface area contributed by atoms with Crippen molar-refractivity contribution in [3.8, 4) is 6.07 Å². The number of nitriles is 1. The largest absolute Gasteiger partial charge is 0.353 e. The zero-order chi connectivity index (χ0) is 14.4. The lowest BCUT2D eigenvalue weighted by Gasteiger charge is -2.13. The summed E-state index contributed by atoms with van der Waals surface area (Å²) in [5.74, 6) is 0.0115. The topological polar surface area (TPSA) is 52.9 Å². The van der Waals surface area contributed by atoms with Gasteiger partial charge in [-0.3, -0.25) is 4.79 Å². The summed E-state index contributed by atoms with van der Waals surface area (Å²) in [4.78, 5) is 11.9. The molecule has 102 valence electrons. The van der Waals surface area contributed by atoms with Gasteiger partial charge in [0, 0.05) is 6.04 Å². The van der Waals surface area contributed by atoms with Crippen LogP contribution in [0.5, 0.6) is 0 Å². The summed E-state index contributed by atoms with van der Waals surface area (Å²) >= 11 is 1.67. The number of rotatable bonds is 5. The number of amides is 1. The van der Waals surface area contributed by atoms with Gasteiger partial charge in [0.25, 0.3) is 0 Å². The first-order valence-electron chi connectivity index (χ1n) is 6.47. The molecule has 2 rings (SSSR count). The van der Waals surface area contributed by atoms with Crippen LogP contribution in [-0.4, -0.2) is 11.9 Å².